The van der Waals surface area contributed by atoms with Crippen LogP contribution in [0.4, 0.5) is 4.39 Å². The third kappa shape index (κ3) is 3.23. The molecule has 0 spiro atoms. The minimum absolute atomic E-state index is 0.319. The number of carbonyl (C=O) groups is 1. The quantitative estimate of drug-likeness (QED) is 0.615. The molecule has 0 amide bonds. The summed E-state index contributed by atoms with van der Waals surface area (Å²) >= 11 is 0. The number of methoxy groups -OCH3 is 1. The van der Waals surface area contributed by atoms with Gasteiger partial charge in [0.25, 0.3) is 0 Å². The van der Waals surface area contributed by atoms with Crippen molar-refractivity contribution >= 4 is 5.97 Å². The monoisotopic (exact) mass is 205 g/mol. The smallest absolute Gasteiger partial charge is 0.336 e. The summed E-state index contributed by atoms with van der Waals surface area (Å²) < 4.78 is 21.7. The number of nitrogens with zero attached hydrogens (tertiary/aromatic N) is 1. The number of ether oxygens (including phenoxy) is 2. The van der Waals surface area contributed by atoms with Gasteiger partial charge in [-0.15, -0.1) is 0 Å². The van der Waals surface area contributed by atoms with E-state index in [1.165, 1.54) is 7.11 Å². The minimum Gasteiger partial charge on any atom is -0.467 e. The van der Waals surface area contributed by atoms with Crippen LogP contribution in [0.1, 0.15) is 6.42 Å². The molecule has 1 fully saturated rings. The summed E-state index contributed by atoms with van der Waals surface area (Å²) in [4.78, 5) is 13.2. The number of alkyl halides is 1. The molecule has 0 N–H and O–H groups in total. The zero-order chi connectivity index (χ0) is 10.4. The first-order chi connectivity index (χ1) is 6.77. The number of carbonyl (C=O) groups excluding carboxylic acids is 1. The van der Waals surface area contributed by atoms with Gasteiger partial charge in [0.15, 0.2) is 6.10 Å². The second-order valence-electron chi connectivity index (χ2n) is 3.23. The number of esters is 1. The van der Waals surface area contributed by atoms with E-state index >= 15 is 0 Å². The molecule has 0 aromatic rings. The lowest BCUT2D eigenvalue weighted by atomic mass is 10.2. The Hall–Kier alpha value is -0.680. The summed E-state index contributed by atoms with van der Waals surface area (Å²) in [6, 6.07) is 0. The summed E-state index contributed by atoms with van der Waals surface area (Å²) in [6.45, 7) is 2.12. The van der Waals surface area contributed by atoms with Gasteiger partial charge in [0.2, 0.25) is 0 Å². The van der Waals surface area contributed by atoms with Crippen LogP contribution in [0.15, 0.2) is 0 Å². The molecule has 0 aromatic heterocycles. The van der Waals surface area contributed by atoms with Gasteiger partial charge in [-0.05, 0) is 6.42 Å². The lowest BCUT2D eigenvalue weighted by Gasteiger charge is -2.31. The predicted molar refractivity (Wildman–Crippen MR) is 48.8 cm³/mol. The SMILES string of the molecule is COC(=O)C1CN(CCCF)CCO1. The van der Waals surface area contributed by atoms with Crippen molar-refractivity contribution in [1.29, 1.82) is 0 Å². The van der Waals surface area contributed by atoms with Crippen LogP contribution < -0.4 is 0 Å². The molecule has 82 valence electrons. The molecule has 1 aliphatic rings. The van der Waals surface area contributed by atoms with E-state index in [1.54, 1.807) is 0 Å². The van der Waals surface area contributed by atoms with Gasteiger partial charge in [-0.1, -0.05) is 0 Å². The van der Waals surface area contributed by atoms with Crippen molar-refractivity contribution < 1.29 is 18.7 Å². The van der Waals surface area contributed by atoms with Gasteiger partial charge in [-0.2, -0.15) is 0 Å². The molecule has 14 heavy (non-hydrogen) atoms. The van der Waals surface area contributed by atoms with E-state index in [9.17, 15) is 9.18 Å². The Morgan fingerprint density at radius 2 is 2.50 bits per heavy atom. The zero-order valence-electron chi connectivity index (χ0n) is 8.37. The number of hydrogen-bond donors (Lipinski definition) is 0. The standard InChI is InChI=1S/C9H16FNO3/c1-13-9(12)8-7-11(4-2-3-10)5-6-14-8/h8H,2-7H2,1H3. The molecule has 0 aromatic carbocycles. The Balaban J connectivity index is 2.31. The molecule has 4 nitrogen and oxygen atoms in total. The molecule has 1 aliphatic heterocycles. The number of hydrogen-bond acceptors (Lipinski definition) is 4. The van der Waals surface area contributed by atoms with E-state index in [1.807, 2.05) is 4.90 Å². The Morgan fingerprint density at radius 3 is 3.14 bits per heavy atom. The van der Waals surface area contributed by atoms with Crippen molar-refractivity contribution in [1.82, 2.24) is 4.90 Å². The number of morpholine rings is 1. The fourth-order valence-corrected chi connectivity index (χ4v) is 1.46. The molecule has 0 bridgehead atoms. The van der Waals surface area contributed by atoms with Gasteiger partial charge in [-0.25, -0.2) is 4.79 Å². The first-order valence-electron chi connectivity index (χ1n) is 4.75. The Labute approximate surface area is 83.0 Å². The summed E-state index contributed by atoms with van der Waals surface area (Å²) in [5, 5.41) is 0. The van der Waals surface area contributed by atoms with E-state index in [0.29, 0.717) is 26.1 Å². The van der Waals surface area contributed by atoms with E-state index in [2.05, 4.69) is 4.74 Å². The fraction of sp³-hybridized carbons (Fsp3) is 0.889. The predicted octanol–water partition coefficient (Wildman–Crippen LogP) is 0.220. The second kappa shape index (κ2) is 5.93. The molecular weight excluding hydrogens is 189 g/mol. The highest BCUT2D eigenvalue weighted by Crippen LogP contribution is 2.07. The van der Waals surface area contributed by atoms with Crippen molar-refractivity contribution in [2.75, 3.05) is 40.0 Å². The molecule has 1 heterocycles. The topological polar surface area (TPSA) is 38.8 Å². The lowest BCUT2D eigenvalue weighted by molar-refractivity contribution is -0.159. The Morgan fingerprint density at radius 1 is 1.71 bits per heavy atom. The van der Waals surface area contributed by atoms with E-state index in [-0.39, 0.29) is 12.6 Å². The Bertz CT molecular complexity index is 189. The average molecular weight is 205 g/mol. The summed E-state index contributed by atoms with van der Waals surface area (Å²) in [6.07, 6.45) is 0.00168. The Kier molecular flexibility index (Phi) is 4.82. The highest BCUT2D eigenvalue weighted by molar-refractivity contribution is 5.74. The van der Waals surface area contributed by atoms with Gasteiger partial charge in [0.1, 0.15) is 0 Å². The molecule has 0 radical (unpaired) electrons. The molecule has 1 unspecified atom stereocenters. The largest absolute Gasteiger partial charge is 0.467 e. The van der Waals surface area contributed by atoms with E-state index in [4.69, 9.17) is 4.74 Å². The van der Waals surface area contributed by atoms with Gasteiger partial charge >= 0.3 is 5.97 Å². The maximum atomic E-state index is 11.9. The molecule has 1 rings (SSSR count). The van der Waals surface area contributed by atoms with Crippen LogP contribution in [0.5, 0.6) is 0 Å². The minimum atomic E-state index is -0.506. The summed E-state index contributed by atoms with van der Waals surface area (Å²) in [7, 11) is 1.34. The first-order valence-corrected chi connectivity index (χ1v) is 4.75. The van der Waals surface area contributed by atoms with Crippen LogP contribution in [-0.2, 0) is 14.3 Å². The van der Waals surface area contributed by atoms with Gasteiger partial charge in [0, 0.05) is 19.6 Å². The van der Waals surface area contributed by atoms with Crippen molar-refractivity contribution in [2.45, 2.75) is 12.5 Å². The molecule has 5 heteroatoms. The van der Waals surface area contributed by atoms with E-state index in [0.717, 1.165) is 6.54 Å². The normalized spacial score (nSPS) is 23.4. The average Bonchev–Trinajstić information content (AvgIpc) is 2.25. The van der Waals surface area contributed by atoms with Crippen molar-refractivity contribution in [3.05, 3.63) is 0 Å². The molecule has 1 atom stereocenters. The van der Waals surface area contributed by atoms with Crippen LogP contribution in [0.2, 0.25) is 0 Å². The first kappa shape index (κ1) is 11.4. The summed E-state index contributed by atoms with van der Waals surface area (Å²) in [5.41, 5.74) is 0. The summed E-state index contributed by atoms with van der Waals surface area (Å²) in [5.74, 6) is -0.352. The van der Waals surface area contributed by atoms with Crippen molar-refractivity contribution in [2.24, 2.45) is 0 Å². The zero-order valence-corrected chi connectivity index (χ0v) is 8.37. The van der Waals surface area contributed by atoms with Crippen LogP contribution in [-0.4, -0.2) is 57.0 Å². The van der Waals surface area contributed by atoms with Crippen LogP contribution >= 0.6 is 0 Å². The van der Waals surface area contributed by atoms with Gasteiger partial charge < -0.3 is 9.47 Å². The maximum Gasteiger partial charge on any atom is 0.336 e. The number of rotatable bonds is 4. The molecule has 0 aliphatic carbocycles. The molecule has 1 saturated heterocycles. The molecule has 0 saturated carbocycles. The van der Waals surface area contributed by atoms with Crippen LogP contribution in [0.3, 0.4) is 0 Å². The maximum absolute atomic E-state index is 11.9. The molecular formula is C9H16FNO3. The van der Waals surface area contributed by atoms with Crippen molar-refractivity contribution in [3.63, 3.8) is 0 Å². The highest BCUT2D eigenvalue weighted by Gasteiger charge is 2.26. The second-order valence-corrected chi connectivity index (χ2v) is 3.23. The van der Waals surface area contributed by atoms with Crippen LogP contribution in [0.25, 0.3) is 0 Å². The van der Waals surface area contributed by atoms with Crippen molar-refractivity contribution in [3.8, 4) is 0 Å². The van der Waals surface area contributed by atoms with Crippen LogP contribution in [0, 0.1) is 0 Å². The fourth-order valence-electron chi connectivity index (χ4n) is 1.46. The lowest BCUT2D eigenvalue weighted by Crippen LogP contribution is -2.46. The number of halogens is 1. The highest BCUT2D eigenvalue weighted by atomic mass is 19.1. The third-order valence-electron chi connectivity index (χ3n) is 2.22. The van der Waals surface area contributed by atoms with Gasteiger partial charge in [-0.3, -0.25) is 9.29 Å². The van der Waals surface area contributed by atoms with Gasteiger partial charge in [0.05, 0.1) is 20.4 Å². The van der Waals surface area contributed by atoms with E-state index < -0.39 is 6.10 Å². The third-order valence-corrected chi connectivity index (χ3v) is 2.22.